The van der Waals surface area contributed by atoms with Crippen molar-refractivity contribution in [2.45, 2.75) is 60.0 Å². The molecule has 0 fully saturated rings. The van der Waals surface area contributed by atoms with E-state index in [0.717, 1.165) is 0 Å². The van der Waals surface area contributed by atoms with E-state index in [1.165, 1.54) is 31.4 Å². The summed E-state index contributed by atoms with van der Waals surface area (Å²) in [5.74, 6) is -1.74. The first-order valence-corrected chi connectivity index (χ1v) is 20.6. The molecular weight excluding hydrogens is 815 g/mol. The molecule has 1 atom stereocenters. The molecule has 5 aromatic rings. The number of allylic oxidation sites excluding steroid dienone is 1. The number of hydrogen-bond donors (Lipinski definition) is 7. The minimum Gasteiger partial charge on any atom is -0.494 e. The number of hydrogen-bond acceptors (Lipinski definition) is 13. The Morgan fingerprint density at radius 2 is 1.48 bits per heavy atom. The highest BCUT2D eigenvalue weighted by Gasteiger charge is 2.34. The second-order valence-corrected chi connectivity index (χ2v) is 15.0. The number of phosphoric ester groups is 1. The molecule has 0 spiro atoms. The van der Waals surface area contributed by atoms with Crippen molar-refractivity contribution in [3.8, 4) is 11.5 Å². The monoisotopic (exact) mass is 862 g/mol. The van der Waals surface area contributed by atoms with Gasteiger partial charge in [0.1, 0.15) is 34.1 Å². The van der Waals surface area contributed by atoms with Crippen LogP contribution in [0.1, 0.15) is 73.3 Å². The second-order valence-electron chi connectivity index (χ2n) is 13.8. The molecule has 6 rings (SSSR count). The van der Waals surface area contributed by atoms with Gasteiger partial charge in [0, 0.05) is 43.7 Å². The second kappa shape index (κ2) is 18.3. The highest BCUT2D eigenvalue weighted by molar-refractivity contribution is 7.46. The van der Waals surface area contributed by atoms with Crippen LogP contribution in [0.15, 0.2) is 48.6 Å². The molecule has 0 saturated carbocycles. The van der Waals surface area contributed by atoms with E-state index in [1.54, 1.807) is 57.0 Å². The molecule has 1 aliphatic heterocycles. The smallest absolute Gasteiger partial charge is 0.469 e. The predicted octanol–water partition coefficient (Wildman–Crippen LogP) is 2.62. The van der Waals surface area contributed by atoms with Crippen LogP contribution in [0.4, 0.5) is 17.3 Å². The zero-order valence-corrected chi connectivity index (χ0v) is 34.9. The maximum atomic E-state index is 13.8. The summed E-state index contributed by atoms with van der Waals surface area (Å²) in [5, 5.41) is 17.9. The lowest BCUT2D eigenvalue weighted by Gasteiger charge is -2.27. The van der Waals surface area contributed by atoms with Crippen molar-refractivity contribution in [3.05, 3.63) is 82.5 Å². The number of nitrogens with one attached hydrogen (secondary N) is 3. The quantitative estimate of drug-likeness (QED) is 0.0357. The van der Waals surface area contributed by atoms with Gasteiger partial charge in [0.25, 0.3) is 11.8 Å². The molecule has 23 heteroatoms. The predicted molar refractivity (Wildman–Crippen MR) is 222 cm³/mol. The van der Waals surface area contributed by atoms with E-state index in [0.29, 0.717) is 58.3 Å². The number of ether oxygens (including phenoxy) is 2. The Kier molecular flexibility index (Phi) is 13.1. The van der Waals surface area contributed by atoms with E-state index in [2.05, 4.69) is 35.7 Å². The third kappa shape index (κ3) is 9.84. The number of nitrogens with two attached hydrogens (primary N) is 2. The summed E-state index contributed by atoms with van der Waals surface area (Å²) in [6, 6.07) is 9.27. The first kappa shape index (κ1) is 43.8. The number of primary amides is 2. The van der Waals surface area contributed by atoms with Crippen LogP contribution < -0.4 is 41.8 Å². The van der Waals surface area contributed by atoms with Crippen LogP contribution in [-0.4, -0.2) is 95.7 Å². The van der Waals surface area contributed by atoms with Crippen LogP contribution in [0.25, 0.3) is 11.0 Å². The molecule has 2 aromatic carbocycles. The molecule has 22 nitrogen and oxygen atoms in total. The van der Waals surface area contributed by atoms with Gasteiger partial charge >= 0.3 is 7.82 Å². The Labute approximate surface area is 349 Å². The molecule has 61 heavy (non-hydrogen) atoms. The van der Waals surface area contributed by atoms with Crippen LogP contribution in [0.5, 0.6) is 11.5 Å². The molecule has 0 aliphatic carbocycles. The number of carbonyl (C=O) groups excluding carboxylic acids is 4. The lowest BCUT2D eigenvalue weighted by molar-refractivity contribution is 0.0928. The minimum absolute atomic E-state index is 0.0650. The van der Waals surface area contributed by atoms with Gasteiger partial charge in [0.2, 0.25) is 17.8 Å². The fourth-order valence-corrected chi connectivity index (χ4v) is 7.19. The summed E-state index contributed by atoms with van der Waals surface area (Å²) in [6.45, 7) is 8.03. The van der Waals surface area contributed by atoms with E-state index < -0.39 is 37.7 Å². The van der Waals surface area contributed by atoms with Gasteiger partial charge in [-0.3, -0.25) is 38.4 Å². The molecular formula is C38H47N12O10P. The van der Waals surface area contributed by atoms with Gasteiger partial charge in [0.05, 0.1) is 42.9 Å². The van der Waals surface area contributed by atoms with Crippen molar-refractivity contribution in [1.29, 1.82) is 0 Å². The fraction of sp³-hybridized carbons (Fsp3) is 0.342. The number of rotatable bonds is 19. The molecule has 0 bridgehead atoms. The molecule has 9 N–H and O–H groups in total. The number of amides is 4. The Morgan fingerprint density at radius 3 is 2.08 bits per heavy atom. The topological polar surface area (TPSA) is 298 Å². The Morgan fingerprint density at radius 1 is 0.869 bits per heavy atom. The van der Waals surface area contributed by atoms with Crippen molar-refractivity contribution in [3.63, 3.8) is 0 Å². The molecule has 0 radical (unpaired) electrons. The van der Waals surface area contributed by atoms with Crippen LogP contribution >= 0.6 is 7.82 Å². The first-order chi connectivity index (χ1) is 29.0. The van der Waals surface area contributed by atoms with Crippen LogP contribution in [-0.2, 0) is 28.7 Å². The normalized spacial score (nSPS) is 13.7. The number of methoxy groups -OCH3 is 1. The Bertz CT molecular complexity index is 2570. The third-order valence-corrected chi connectivity index (χ3v) is 10.0. The molecule has 1 unspecified atom stereocenters. The summed E-state index contributed by atoms with van der Waals surface area (Å²) in [6.07, 6.45) is 2.77. The van der Waals surface area contributed by atoms with Crippen molar-refractivity contribution in [1.82, 2.24) is 34.4 Å². The van der Waals surface area contributed by atoms with Gasteiger partial charge in [-0.25, -0.2) is 9.55 Å². The zero-order chi connectivity index (χ0) is 44.2. The zero-order valence-electron chi connectivity index (χ0n) is 34.0. The molecule has 4 amide bonds. The summed E-state index contributed by atoms with van der Waals surface area (Å²) >= 11 is 0. The molecule has 0 saturated heterocycles. The number of nitrogens with zero attached hydrogens (tertiary/aromatic N) is 7. The summed E-state index contributed by atoms with van der Waals surface area (Å²) in [4.78, 5) is 76.6. The van der Waals surface area contributed by atoms with Gasteiger partial charge in [-0.2, -0.15) is 10.2 Å². The first-order valence-electron chi connectivity index (χ1n) is 19.1. The number of carbonyl (C=O) groups is 4. The average molecular weight is 863 g/mol. The minimum atomic E-state index is -4.70. The number of imidazole rings is 1. The molecule has 324 valence electrons. The van der Waals surface area contributed by atoms with Crippen molar-refractivity contribution in [2.24, 2.45) is 11.5 Å². The summed E-state index contributed by atoms with van der Waals surface area (Å²) in [5.41, 5.74) is 15.1. The number of aromatic nitrogens is 6. The van der Waals surface area contributed by atoms with Gasteiger partial charge in [-0.05, 0) is 64.1 Å². The summed E-state index contributed by atoms with van der Waals surface area (Å²) in [7, 11) is -3.27. The lowest BCUT2D eigenvalue weighted by atomic mass is 10.1. The lowest BCUT2D eigenvalue weighted by Crippen LogP contribution is -2.50. The standard InChI is InChI=1S/C38H47N12O10P/c1-6-49-27(15-21(3)45-49)35(53)43-37-41-25-17-23(33(39)51)19-29(58-5)31(25)47(37)11-8-9-12-48-32-26(42-38(48)44-36(54)28-16-22(4)46-50(28)7-2)18-24(34(40)52)20-30(32)59-13-10-14-60-61(55,56)57/h8-9,15-20,38,42H,6-7,10-14H2,1-5H3,(H2,39,51)(H2,40,52)(H,44,54)(H,41,43,53)(H2,55,56,57)/b9-8+. The average Bonchev–Trinajstić information content (AvgIpc) is 3.97. The van der Waals surface area contributed by atoms with Gasteiger partial charge in [0.15, 0.2) is 6.29 Å². The number of fused-ring (bicyclic) bond motifs is 2. The number of phosphoric acid groups is 1. The largest absolute Gasteiger partial charge is 0.494 e. The SMILES string of the molecule is CCn1nc(C)cc1C(=O)Nc1nc2cc(C(N)=O)cc(OC)c2n1C/C=C/CN1c2c(cc(C(N)=O)cc2OCCCOP(=O)(O)O)NC1NC(=O)c1cc(C)nn1CC. The van der Waals surface area contributed by atoms with E-state index in [9.17, 15) is 23.7 Å². The van der Waals surface area contributed by atoms with Crippen molar-refractivity contribution >= 4 is 59.8 Å². The number of benzene rings is 2. The van der Waals surface area contributed by atoms with Gasteiger partial charge < -0.3 is 50.8 Å². The van der Waals surface area contributed by atoms with Crippen molar-refractivity contribution in [2.75, 3.05) is 42.4 Å². The van der Waals surface area contributed by atoms with Crippen LogP contribution in [0.2, 0.25) is 0 Å². The van der Waals surface area contributed by atoms with E-state index >= 15 is 0 Å². The third-order valence-electron chi connectivity index (χ3n) is 9.49. The number of anilines is 3. The van der Waals surface area contributed by atoms with E-state index in [1.807, 2.05) is 13.8 Å². The Balaban J connectivity index is 1.35. The maximum absolute atomic E-state index is 13.8. The van der Waals surface area contributed by atoms with E-state index in [-0.39, 0.29) is 61.3 Å². The fourth-order valence-electron chi connectivity index (χ4n) is 6.83. The molecule has 1 aliphatic rings. The van der Waals surface area contributed by atoms with Crippen molar-refractivity contribution < 1.29 is 47.5 Å². The van der Waals surface area contributed by atoms with Crippen LogP contribution in [0.3, 0.4) is 0 Å². The van der Waals surface area contributed by atoms with Gasteiger partial charge in [-0.1, -0.05) is 12.2 Å². The Hall–Kier alpha value is -6.74. The molecule has 4 heterocycles. The highest BCUT2D eigenvalue weighted by Crippen LogP contribution is 2.43. The summed E-state index contributed by atoms with van der Waals surface area (Å²) < 4.78 is 32.3. The number of aryl methyl sites for hydroxylation is 4. The van der Waals surface area contributed by atoms with Gasteiger partial charge in [-0.15, -0.1) is 0 Å². The van der Waals surface area contributed by atoms with E-state index in [4.69, 9.17) is 30.7 Å². The molecule has 3 aromatic heterocycles. The van der Waals surface area contributed by atoms with Crippen LogP contribution in [0, 0.1) is 13.8 Å². The maximum Gasteiger partial charge on any atom is 0.469 e. The highest BCUT2D eigenvalue weighted by atomic mass is 31.2.